The van der Waals surface area contributed by atoms with Crippen molar-refractivity contribution in [2.24, 2.45) is 0 Å². The van der Waals surface area contributed by atoms with Gasteiger partial charge in [-0.15, -0.1) is 5.10 Å². The Balaban J connectivity index is 1.56. The SMILES string of the molecule is C[C@@H](NC(=O)c1ccc(-n2cnnn2)cc1O)c1ccccc1-n1cccn1. The van der Waals surface area contributed by atoms with Crippen LogP contribution in [0.3, 0.4) is 0 Å². The topological polar surface area (TPSA) is 111 Å². The Morgan fingerprint density at radius 2 is 2.00 bits per heavy atom. The lowest BCUT2D eigenvalue weighted by Gasteiger charge is -2.18. The molecule has 1 amide bonds. The second kappa shape index (κ2) is 7.31. The van der Waals surface area contributed by atoms with Crippen molar-refractivity contribution >= 4 is 5.91 Å². The van der Waals surface area contributed by atoms with Gasteiger partial charge in [-0.3, -0.25) is 4.79 Å². The smallest absolute Gasteiger partial charge is 0.255 e. The van der Waals surface area contributed by atoms with Gasteiger partial charge in [-0.05, 0) is 47.2 Å². The Kier molecular flexibility index (Phi) is 4.55. The molecule has 4 rings (SSSR count). The van der Waals surface area contributed by atoms with Crippen molar-refractivity contribution in [3.05, 3.63) is 78.4 Å². The van der Waals surface area contributed by atoms with Crippen LogP contribution < -0.4 is 5.32 Å². The van der Waals surface area contributed by atoms with Gasteiger partial charge in [-0.1, -0.05) is 18.2 Å². The molecule has 0 unspecified atom stereocenters. The number of hydrogen-bond acceptors (Lipinski definition) is 6. The molecule has 140 valence electrons. The molecule has 0 saturated carbocycles. The van der Waals surface area contributed by atoms with Gasteiger partial charge in [-0.2, -0.15) is 5.10 Å². The summed E-state index contributed by atoms with van der Waals surface area (Å²) in [5.74, 6) is -0.540. The van der Waals surface area contributed by atoms with Crippen LogP contribution in [0.15, 0.2) is 67.3 Å². The van der Waals surface area contributed by atoms with Gasteiger partial charge in [0.15, 0.2) is 0 Å². The number of para-hydroxylation sites is 1. The molecule has 2 N–H and O–H groups in total. The Morgan fingerprint density at radius 1 is 1.14 bits per heavy atom. The number of aromatic nitrogens is 6. The summed E-state index contributed by atoms with van der Waals surface area (Å²) in [6, 6.07) is 13.9. The predicted molar refractivity (Wildman–Crippen MR) is 100 cm³/mol. The van der Waals surface area contributed by atoms with E-state index in [1.807, 2.05) is 43.5 Å². The molecule has 0 fully saturated rings. The first kappa shape index (κ1) is 17.4. The first-order valence-corrected chi connectivity index (χ1v) is 8.59. The van der Waals surface area contributed by atoms with Gasteiger partial charge in [0.05, 0.1) is 23.0 Å². The zero-order valence-electron chi connectivity index (χ0n) is 15.0. The number of amides is 1. The highest BCUT2D eigenvalue weighted by molar-refractivity contribution is 5.97. The van der Waals surface area contributed by atoms with Crippen LogP contribution in [-0.2, 0) is 0 Å². The van der Waals surface area contributed by atoms with Gasteiger partial charge in [0.2, 0.25) is 0 Å². The van der Waals surface area contributed by atoms with E-state index in [0.29, 0.717) is 5.69 Å². The molecular formula is C19H17N7O2. The summed E-state index contributed by atoms with van der Waals surface area (Å²) < 4.78 is 3.14. The highest BCUT2D eigenvalue weighted by Crippen LogP contribution is 2.24. The lowest BCUT2D eigenvalue weighted by molar-refractivity contribution is 0.0937. The average Bonchev–Trinajstić information content (AvgIpc) is 3.42. The number of hydrogen-bond donors (Lipinski definition) is 2. The van der Waals surface area contributed by atoms with Crippen LogP contribution >= 0.6 is 0 Å². The maximum absolute atomic E-state index is 12.7. The fraction of sp³-hybridized carbons (Fsp3) is 0.105. The van der Waals surface area contributed by atoms with E-state index < -0.39 is 0 Å². The molecule has 0 spiro atoms. The first-order valence-electron chi connectivity index (χ1n) is 8.59. The molecule has 0 aliphatic rings. The van der Waals surface area contributed by atoms with Crippen molar-refractivity contribution in [2.75, 3.05) is 0 Å². The van der Waals surface area contributed by atoms with E-state index in [2.05, 4.69) is 25.9 Å². The van der Waals surface area contributed by atoms with Crippen LogP contribution in [0.5, 0.6) is 5.75 Å². The lowest BCUT2D eigenvalue weighted by Crippen LogP contribution is -2.27. The molecule has 9 heteroatoms. The third kappa shape index (κ3) is 3.32. The average molecular weight is 375 g/mol. The summed E-state index contributed by atoms with van der Waals surface area (Å²) in [7, 11) is 0. The molecule has 2 heterocycles. The largest absolute Gasteiger partial charge is 0.507 e. The predicted octanol–water partition coefficient (Wildman–Crippen LogP) is 2.04. The molecule has 2 aromatic carbocycles. The molecule has 0 saturated heterocycles. The first-order chi connectivity index (χ1) is 13.6. The lowest BCUT2D eigenvalue weighted by atomic mass is 10.0. The third-order valence-electron chi connectivity index (χ3n) is 4.34. The minimum absolute atomic E-state index is 0.155. The molecule has 0 aliphatic heterocycles. The number of aromatic hydroxyl groups is 1. The van der Waals surface area contributed by atoms with Crippen molar-refractivity contribution < 1.29 is 9.90 Å². The van der Waals surface area contributed by atoms with E-state index in [9.17, 15) is 9.90 Å². The summed E-state index contributed by atoms with van der Waals surface area (Å²) in [5, 5.41) is 28.3. The Hall–Kier alpha value is -4.01. The van der Waals surface area contributed by atoms with Crippen LogP contribution in [-0.4, -0.2) is 41.0 Å². The quantitative estimate of drug-likeness (QED) is 0.552. The monoisotopic (exact) mass is 375 g/mol. The highest BCUT2D eigenvalue weighted by Gasteiger charge is 2.18. The van der Waals surface area contributed by atoms with E-state index in [0.717, 1.165) is 11.3 Å². The summed E-state index contributed by atoms with van der Waals surface area (Å²) in [6.07, 6.45) is 4.95. The second-order valence-corrected chi connectivity index (χ2v) is 6.16. The van der Waals surface area contributed by atoms with Gasteiger partial charge in [0, 0.05) is 18.5 Å². The van der Waals surface area contributed by atoms with E-state index in [1.54, 1.807) is 16.9 Å². The zero-order chi connectivity index (χ0) is 19.5. The van der Waals surface area contributed by atoms with Crippen LogP contribution in [0, 0.1) is 0 Å². The molecular weight excluding hydrogens is 358 g/mol. The Morgan fingerprint density at radius 3 is 2.71 bits per heavy atom. The number of rotatable bonds is 5. The maximum atomic E-state index is 12.7. The number of carbonyl (C=O) groups is 1. The highest BCUT2D eigenvalue weighted by atomic mass is 16.3. The fourth-order valence-electron chi connectivity index (χ4n) is 2.96. The number of nitrogens with zero attached hydrogens (tertiary/aromatic N) is 6. The van der Waals surface area contributed by atoms with Gasteiger partial charge < -0.3 is 10.4 Å². The van der Waals surface area contributed by atoms with E-state index in [1.165, 1.54) is 23.1 Å². The van der Waals surface area contributed by atoms with Gasteiger partial charge in [0.25, 0.3) is 5.91 Å². The standard InChI is InChI=1S/C19H17N7O2/c1-13(15-5-2-3-6-17(15)25-10-4-9-21-25)22-19(28)16-8-7-14(11-18(16)27)26-12-20-23-24-26/h2-13,27H,1H3,(H,22,28)/t13-/m1/s1. The fourth-order valence-corrected chi connectivity index (χ4v) is 2.96. The second-order valence-electron chi connectivity index (χ2n) is 6.16. The Bertz CT molecular complexity index is 1090. The maximum Gasteiger partial charge on any atom is 0.255 e. The van der Waals surface area contributed by atoms with Gasteiger partial charge in [-0.25, -0.2) is 9.36 Å². The van der Waals surface area contributed by atoms with E-state index in [-0.39, 0.29) is 23.3 Å². The van der Waals surface area contributed by atoms with E-state index in [4.69, 9.17) is 0 Å². The van der Waals surface area contributed by atoms with Crippen LogP contribution in [0.1, 0.15) is 28.9 Å². The molecule has 0 radical (unpaired) electrons. The zero-order valence-corrected chi connectivity index (χ0v) is 15.0. The summed E-state index contributed by atoms with van der Waals surface area (Å²) in [4.78, 5) is 12.7. The summed E-state index contributed by atoms with van der Waals surface area (Å²) >= 11 is 0. The van der Waals surface area contributed by atoms with Crippen LogP contribution in [0.2, 0.25) is 0 Å². The normalized spacial score (nSPS) is 11.9. The van der Waals surface area contributed by atoms with Crippen molar-refractivity contribution in [3.8, 4) is 17.1 Å². The van der Waals surface area contributed by atoms with Crippen LogP contribution in [0.4, 0.5) is 0 Å². The molecule has 2 aromatic heterocycles. The molecule has 0 aliphatic carbocycles. The summed E-state index contributed by atoms with van der Waals surface area (Å²) in [6.45, 7) is 1.88. The molecule has 0 bridgehead atoms. The van der Waals surface area contributed by atoms with Crippen molar-refractivity contribution in [3.63, 3.8) is 0 Å². The van der Waals surface area contributed by atoms with Gasteiger partial charge in [0.1, 0.15) is 12.1 Å². The number of benzene rings is 2. The summed E-state index contributed by atoms with van der Waals surface area (Å²) in [5.41, 5.74) is 2.50. The minimum atomic E-state index is -0.386. The van der Waals surface area contributed by atoms with E-state index >= 15 is 0 Å². The Labute approximate surface area is 160 Å². The van der Waals surface area contributed by atoms with Crippen LogP contribution in [0.25, 0.3) is 11.4 Å². The number of phenolic OH excluding ortho intramolecular Hbond substituents is 1. The van der Waals surface area contributed by atoms with Crippen molar-refractivity contribution in [1.82, 2.24) is 35.3 Å². The minimum Gasteiger partial charge on any atom is -0.507 e. The van der Waals surface area contributed by atoms with Crippen molar-refractivity contribution in [2.45, 2.75) is 13.0 Å². The molecule has 28 heavy (non-hydrogen) atoms. The van der Waals surface area contributed by atoms with Gasteiger partial charge >= 0.3 is 0 Å². The molecule has 4 aromatic rings. The van der Waals surface area contributed by atoms with Crippen molar-refractivity contribution in [1.29, 1.82) is 0 Å². The molecule has 9 nitrogen and oxygen atoms in total. The third-order valence-corrected chi connectivity index (χ3v) is 4.34. The number of carbonyl (C=O) groups excluding carboxylic acids is 1. The number of tetrazole rings is 1. The number of nitrogens with one attached hydrogen (secondary N) is 1. The number of phenols is 1. The molecule has 1 atom stereocenters.